The van der Waals surface area contributed by atoms with Gasteiger partial charge in [0.2, 0.25) is 5.71 Å². The molecule has 2 heterocycles. The highest BCUT2D eigenvalue weighted by atomic mass is 79.9. The summed E-state index contributed by atoms with van der Waals surface area (Å²) in [6.07, 6.45) is -4.59. The molecule has 1 aromatic carbocycles. The molecular weight excluding hydrogens is 408 g/mol. The van der Waals surface area contributed by atoms with Gasteiger partial charge < -0.3 is 4.42 Å². The highest BCUT2D eigenvalue weighted by molar-refractivity contribution is 9.10. The maximum absolute atomic E-state index is 12.9. The van der Waals surface area contributed by atoms with Gasteiger partial charge in [0, 0.05) is 10.6 Å². The molecule has 0 fully saturated rings. The summed E-state index contributed by atoms with van der Waals surface area (Å²) in [5, 5.41) is 4.31. The second-order valence-corrected chi connectivity index (χ2v) is 6.14. The van der Waals surface area contributed by atoms with Crippen molar-refractivity contribution in [1.29, 1.82) is 0 Å². The van der Waals surface area contributed by atoms with Crippen LogP contribution in [0.5, 0.6) is 0 Å². The lowest BCUT2D eigenvalue weighted by Crippen LogP contribution is -2.07. The molecular formula is C13H6BrCl2F3N2O. The molecule has 0 spiro atoms. The molecule has 3 aromatic rings. The third-order valence-corrected chi connectivity index (χ3v) is 4.30. The molecule has 0 aliphatic heterocycles. The lowest BCUT2D eigenvalue weighted by molar-refractivity contribution is -0.141. The number of nitrogens with zero attached hydrogens (tertiary/aromatic N) is 2. The van der Waals surface area contributed by atoms with E-state index < -0.39 is 11.9 Å². The Bertz CT molecular complexity index is 886. The topological polar surface area (TPSA) is 30.4 Å². The monoisotopic (exact) mass is 412 g/mol. The number of aromatic nitrogens is 2. The zero-order valence-corrected chi connectivity index (χ0v) is 13.9. The van der Waals surface area contributed by atoms with Gasteiger partial charge in [-0.05, 0) is 41.1 Å². The Morgan fingerprint density at radius 3 is 2.55 bits per heavy atom. The zero-order chi connectivity index (χ0) is 16.2. The van der Waals surface area contributed by atoms with Gasteiger partial charge in [-0.2, -0.15) is 22.8 Å². The Morgan fingerprint density at radius 2 is 1.95 bits per heavy atom. The van der Waals surface area contributed by atoms with E-state index in [2.05, 4.69) is 21.0 Å². The van der Waals surface area contributed by atoms with Gasteiger partial charge in [0.25, 0.3) is 0 Å². The second kappa shape index (κ2) is 5.18. The van der Waals surface area contributed by atoms with Crippen LogP contribution in [-0.2, 0) is 6.18 Å². The minimum atomic E-state index is -4.59. The molecule has 0 aliphatic carbocycles. The SMILES string of the molecule is Cc1oc2c(Br)c(C(F)(F)F)nn2c1-c1ccc(Cl)cc1Cl. The second-order valence-electron chi connectivity index (χ2n) is 4.51. The number of oxazole rings is 1. The van der Waals surface area contributed by atoms with E-state index in [1.807, 2.05) is 0 Å². The Kier molecular flexibility index (Phi) is 3.70. The van der Waals surface area contributed by atoms with Crippen LogP contribution in [0.2, 0.25) is 10.0 Å². The molecule has 3 rings (SSSR count). The first kappa shape index (κ1) is 15.7. The number of hydrogen-bond acceptors (Lipinski definition) is 2. The zero-order valence-electron chi connectivity index (χ0n) is 10.8. The van der Waals surface area contributed by atoms with Crippen molar-refractivity contribution in [3.8, 4) is 11.3 Å². The number of halogens is 6. The van der Waals surface area contributed by atoms with Crippen LogP contribution in [0, 0.1) is 6.92 Å². The normalized spacial score (nSPS) is 12.3. The fourth-order valence-corrected chi connectivity index (χ4v) is 3.18. The molecule has 9 heteroatoms. The largest absolute Gasteiger partial charge is 0.440 e. The van der Waals surface area contributed by atoms with Crippen LogP contribution < -0.4 is 0 Å². The minimum absolute atomic E-state index is 0.0363. The Labute approximate surface area is 140 Å². The van der Waals surface area contributed by atoms with Gasteiger partial charge in [0.15, 0.2) is 5.69 Å². The van der Waals surface area contributed by atoms with Crippen molar-refractivity contribution in [3.63, 3.8) is 0 Å². The highest BCUT2D eigenvalue weighted by Crippen LogP contribution is 2.40. The average Bonchev–Trinajstić information content (AvgIpc) is 2.87. The molecule has 0 radical (unpaired) electrons. The van der Waals surface area contributed by atoms with E-state index >= 15 is 0 Å². The van der Waals surface area contributed by atoms with E-state index in [-0.39, 0.29) is 10.2 Å². The third-order valence-electron chi connectivity index (χ3n) is 3.04. The van der Waals surface area contributed by atoms with E-state index in [4.69, 9.17) is 27.6 Å². The maximum Gasteiger partial charge on any atom is 0.436 e. The molecule has 0 aliphatic rings. The predicted octanol–water partition coefficient (Wildman–Crippen LogP) is 5.99. The number of hydrogen-bond donors (Lipinski definition) is 0. The van der Waals surface area contributed by atoms with Crippen LogP contribution in [-0.4, -0.2) is 9.61 Å². The summed E-state index contributed by atoms with van der Waals surface area (Å²) in [7, 11) is 0. The van der Waals surface area contributed by atoms with E-state index in [1.165, 1.54) is 6.07 Å². The van der Waals surface area contributed by atoms with Gasteiger partial charge in [-0.15, -0.1) is 0 Å². The summed E-state index contributed by atoms with van der Waals surface area (Å²) in [6, 6.07) is 4.69. The molecule has 0 atom stereocenters. The van der Waals surface area contributed by atoms with Crippen molar-refractivity contribution in [2.75, 3.05) is 0 Å². The van der Waals surface area contributed by atoms with E-state index in [0.29, 0.717) is 27.1 Å². The quantitative estimate of drug-likeness (QED) is 0.490. The standard InChI is InChI=1S/C13H6BrCl2F3N2O/c1-5-10(7-3-2-6(15)4-8(7)16)21-12(22-5)9(14)11(20-21)13(17,18)19/h2-4H,1H3. The maximum atomic E-state index is 12.9. The number of aryl methyl sites for hydroxylation is 1. The third kappa shape index (κ3) is 2.41. The van der Waals surface area contributed by atoms with E-state index in [1.54, 1.807) is 19.1 Å². The van der Waals surface area contributed by atoms with Gasteiger partial charge >= 0.3 is 6.18 Å². The van der Waals surface area contributed by atoms with E-state index in [0.717, 1.165) is 4.52 Å². The number of alkyl halides is 3. The van der Waals surface area contributed by atoms with Crippen molar-refractivity contribution >= 4 is 44.8 Å². The van der Waals surface area contributed by atoms with Crippen LogP contribution in [0.15, 0.2) is 27.1 Å². The summed E-state index contributed by atoms with van der Waals surface area (Å²) >= 11 is 14.9. The van der Waals surface area contributed by atoms with Crippen molar-refractivity contribution in [3.05, 3.63) is 44.2 Å². The van der Waals surface area contributed by atoms with Crippen molar-refractivity contribution in [2.24, 2.45) is 0 Å². The molecule has 3 nitrogen and oxygen atoms in total. The summed E-state index contributed by atoms with van der Waals surface area (Å²) < 4.78 is 45.1. The number of fused-ring (bicyclic) bond motifs is 1. The molecule has 116 valence electrons. The van der Waals surface area contributed by atoms with Gasteiger partial charge in [0.1, 0.15) is 15.9 Å². The smallest absolute Gasteiger partial charge is 0.436 e. The van der Waals surface area contributed by atoms with Crippen LogP contribution >= 0.6 is 39.1 Å². The lowest BCUT2D eigenvalue weighted by atomic mass is 10.1. The van der Waals surface area contributed by atoms with Crippen LogP contribution in [0.4, 0.5) is 13.2 Å². The molecule has 0 unspecified atom stereocenters. The summed E-state index contributed by atoms with van der Waals surface area (Å²) in [5.41, 5.74) is -0.276. The molecule has 0 bridgehead atoms. The van der Waals surface area contributed by atoms with Gasteiger partial charge in [-0.1, -0.05) is 23.2 Å². The highest BCUT2D eigenvalue weighted by Gasteiger charge is 2.39. The Morgan fingerprint density at radius 1 is 1.27 bits per heavy atom. The molecule has 0 N–H and O–H groups in total. The fraction of sp³-hybridized carbons (Fsp3) is 0.154. The summed E-state index contributed by atoms with van der Waals surface area (Å²) in [4.78, 5) is 0. The van der Waals surface area contributed by atoms with E-state index in [9.17, 15) is 13.2 Å². The number of benzene rings is 1. The molecule has 0 saturated heterocycles. The van der Waals surface area contributed by atoms with Crippen molar-refractivity contribution in [2.45, 2.75) is 13.1 Å². The van der Waals surface area contributed by atoms with Crippen LogP contribution in [0.3, 0.4) is 0 Å². The van der Waals surface area contributed by atoms with Crippen molar-refractivity contribution < 1.29 is 17.6 Å². The average molecular weight is 414 g/mol. The lowest BCUT2D eigenvalue weighted by Gasteiger charge is -2.04. The Balaban J connectivity index is 2.32. The minimum Gasteiger partial charge on any atom is -0.440 e. The van der Waals surface area contributed by atoms with Gasteiger partial charge in [-0.3, -0.25) is 0 Å². The van der Waals surface area contributed by atoms with Gasteiger partial charge in [-0.25, -0.2) is 0 Å². The number of rotatable bonds is 1. The molecule has 0 amide bonds. The summed E-state index contributed by atoms with van der Waals surface area (Å²) in [6.45, 7) is 1.62. The molecule has 22 heavy (non-hydrogen) atoms. The first-order valence-corrected chi connectivity index (χ1v) is 7.45. The first-order chi connectivity index (χ1) is 10.2. The first-order valence-electron chi connectivity index (χ1n) is 5.90. The van der Waals surface area contributed by atoms with Gasteiger partial charge in [0.05, 0.1) is 5.02 Å². The van der Waals surface area contributed by atoms with Crippen LogP contribution in [0.25, 0.3) is 17.0 Å². The molecule has 0 saturated carbocycles. The van der Waals surface area contributed by atoms with Crippen LogP contribution in [0.1, 0.15) is 11.5 Å². The summed E-state index contributed by atoms with van der Waals surface area (Å²) in [5.74, 6) is 0.390. The predicted molar refractivity (Wildman–Crippen MR) is 80.4 cm³/mol. The van der Waals surface area contributed by atoms with Crippen molar-refractivity contribution in [1.82, 2.24) is 9.61 Å². The fourth-order valence-electron chi connectivity index (χ4n) is 2.13. The Hall–Kier alpha value is -1.18. The molecule has 2 aromatic heterocycles.